The average Bonchev–Trinajstić information content (AvgIpc) is 1.35. The van der Waals surface area contributed by atoms with Gasteiger partial charge >= 0.3 is 0 Å². The van der Waals surface area contributed by atoms with E-state index in [1.807, 2.05) is 13.8 Å². The molecule has 0 amide bonds. The zero-order valence-corrected chi connectivity index (χ0v) is 3.93. The lowest BCUT2D eigenvalue weighted by atomic mass is 11.3. The van der Waals surface area contributed by atoms with Crippen LogP contribution in [0.2, 0.25) is 0 Å². The molecule has 0 aliphatic heterocycles. The van der Waals surface area contributed by atoms with Crippen LogP contribution in [0.5, 0.6) is 0 Å². The molecule has 34 valence electrons. The van der Waals surface area contributed by atoms with Crippen LogP contribution in [-0.4, -0.2) is 12.1 Å². The highest BCUT2D eigenvalue weighted by atomic mass is 16.1. The number of nitrogens with zero attached hydrogens (tertiary/aromatic N) is 1. The van der Waals surface area contributed by atoms with Crippen LogP contribution in [0.4, 0.5) is 0 Å². The first kappa shape index (κ1) is 5.38. The molecule has 0 bridgehead atoms. The topological polar surface area (TPSA) is 29.4 Å². The molecule has 0 saturated carbocycles. The normalized spacial score (nSPS) is 7.83. The van der Waals surface area contributed by atoms with Crippen LogP contribution in [0.3, 0.4) is 0 Å². The van der Waals surface area contributed by atoms with Gasteiger partial charge in [-0.25, -0.2) is 9.79 Å². The summed E-state index contributed by atoms with van der Waals surface area (Å²) in [5.74, 6) is 0. The summed E-state index contributed by atoms with van der Waals surface area (Å²) in [4.78, 5) is 12.6. The Kier molecular flexibility index (Phi) is 2.34. The zero-order valence-electron chi connectivity index (χ0n) is 3.93. The van der Waals surface area contributed by atoms with E-state index in [4.69, 9.17) is 0 Å². The molecule has 0 N–H and O–H groups in total. The summed E-state index contributed by atoms with van der Waals surface area (Å²) in [5, 5.41) is 0. The van der Waals surface area contributed by atoms with Gasteiger partial charge in [-0.2, -0.15) is 0 Å². The Morgan fingerprint density at radius 2 is 2.17 bits per heavy atom. The van der Waals surface area contributed by atoms with E-state index in [1.165, 1.54) is 6.08 Å². The first-order valence-electron chi connectivity index (χ1n) is 1.84. The molecular weight excluding hydrogens is 81.0 g/mol. The predicted molar refractivity (Wildman–Crippen MR) is 23.3 cm³/mol. The van der Waals surface area contributed by atoms with Gasteiger partial charge in [-0.15, -0.1) is 0 Å². The van der Waals surface area contributed by atoms with Gasteiger partial charge in [-0.05, 0) is 13.8 Å². The minimum atomic E-state index is 0.0995. The van der Waals surface area contributed by atoms with Gasteiger partial charge in [0.1, 0.15) is 0 Å². The largest absolute Gasteiger partial charge is 0.235 e. The zero-order chi connectivity index (χ0) is 4.99. The van der Waals surface area contributed by atoms with Crippen molar-refractivity contribution in [2.24, 2.45) is 4.99 Å². The Balaban J connectivity index is 3.29. The first-order valence-corrected chi connectivity index (χ1v) is 1.84. The monoisotopic (exact) mass is 88.1 g/mol. The van der Waals surface area contributed by atoms with E-state index in [-0.39, 0.29) is 6.04 Å². The summed E-state index contributed by atoms with van der Waals surface area (Å²) in [5.41, 5.74) is 0. The van der Waals surface area contributed by atoms with E-state index in [9.17, 15) is 4.79 Å². The molecule has 0 fully saturated rings. The quantitative estimate of drug-likeness (QED) is 0.264. The summed E-state index contributed by atoms with van der Waals surface area (Å²) < 4.78 is 0. The first-order chi connectivity index (χ1) is 2.77. The Morgan fingerprint density at radius 1 is 1.67 bits per heavy atom. The lowest BCUT2D eigenvalue weighted by Gasteiger charge is -1.82. The Morgan fingerprint density at radius 3 is 2.17 bits per heavy atom. The summed E-state index contributed by atoms with van der Waals surface area (Å²) in [6.45, 7) is 3.65. The Bertz CT molecular complexity index is 71.6. The third kappa shape index (κ3) is 3.38. The molecule has 0 heterocycles. The van der Waals surface area contributed by atoms with Crippen molar-refractivity contribution in [2.45, 2.75) is 19.9 Å². The fourth-order valence-electron chi connectivity index (χ4n) is 0.105. The van der Waals surface area contributed by atoms with Gasteiger partial charge in [0.25, 0.3) is 0 Å². The van der Waals surface area contributed by atoms with Crippen LogP contribution in [0.1, 0.15) is 13.8 Å². The average molecular weight is 88.1 g/mol. The molecule has 0 aromatic rings. The number of aliphatic imine (C=N–C) groups is 1. The van der Waals surface area contributed by atoms with E-state index in [2.05, 4.69) is 4.99 Å². The van der Waals surface area contributed by atoms with Crippen LogP contribution in [0.15, 0.2) is 4.99 Å². The van der Waals surface area contributed by atoms with Crippen LogP contribution < -0.4 is 0 Å². The van der Waals surface area contributed by atoms with Gasteiger partial charge < -0.3 is 0 Å². The van der Waals surface area contributed by atoms with Gasteiger partial charge in [-0.3, -0.25) is 0 Å². The minimum absolute atomic E-state index is 0.0995. The number of carbonyl (C=O) groups excluding carboxylic acids is 1. The maximum atomic E-state index is 9.32. The molecule has 0 saturated heterocycles. The van der Waals surface area contributed by atoms with Crippen molar-refractivity contribution in [1.82, 2.24) is 0 Å². The second kappa shape index (κ2) is 2.61. The molecule has 0 unspecified atom stereocenters. The summed E-state index contributed by atoms with van der Waals surface area (Å²) in [6.07, 6.45) is 1.44. The van der Waals surface area contributed by atoms with Gasteiger partial charge in [-0.1, -0.05) is 0 Å². The lowest BCUT2D eigenvalue weighted by Crippen LogP contribution is -1.83. The standard InChI is InChI=1S/C4H7NO/c1-4(2)5-3-6/h4H,1-2H3/i1+1,2+1,4+1. The van der Waals surface area contributed by atoms with Gasteiger partial charge in [0.2, 0.25) is 6.08 Å². The Labute approximate surface area is 36.9 Å². The van der Waals surface area contributed by atoms with Crippen LogP contribution in [0.25, 0.3) is 0 Å². The maximum Gasteiger partial charge on any atom is 0.235 e. The van der Waals surface area contributed by atoms with Gasteiger partial charge in [0.15, 0.2) is 0 Å². The third-order valence-corrected chi connectivity index (χ3v) is 0.311. The van der Waals surface area contributed by atoms with Crippen molar-refractivity contribution in [3.63, 3.8) is 0 Å². The molecular formula is C4H7NO. The number of hydrogen-bond acceptors (Lipinski definition) is 2. The van der Waals surface area contributed by atoms with Crippen molar-refractivity contribution in [3.8, 4) is 0 Å². The van der Waals surface area contributed by atoms with Crippen molar-refractivity contribution in [3.05, 3.63) is 0 Å². The minimum Gasteiger partial charge on any atom is -0.211 e. The van der Waals surface area contributed by atoms with E-state index in [0.717, 1.165) is 0 Å². The summed E-state index contributed by atoms with van der Waals surface area (Å²) in [7, 11) is 0. The van der Waals surface area contributed by atoms with Gasteiger partial charge in [0.05, 0.1) is 6.04 Å². The number of rotatable bonds is 1. The Hall–Kier alpha value is -0.620. The summed E-state index contributed by atoms with van der Waals surface area (Å²) >= 11 is 0. The molecule has 0 radical (unpaired) electrons. The molecule has 0 aromatic heterocycles. The van der Waals surface area contributed by atoms with Crippen molar-refractivity contribution >= 4 is 6.08 Å². The molecule has 0 atom stereocenters. The van der Waals surface area contributed by atoms with Crippen molar-refractivity contribution in [1.29, 1.82) is 0 Å². The number of hydrogen-bond donors (Lipinski definition) is 0. The molecule has 0 rings (SSSR count). The molecule has 0 spiro atoms. The molecule has 2 heteroatoms. The maximum absolute atomic E-state index is 9.32. The molecule has 0 aromatic carbocycles. The van der Waals surface area contributed by atoms with Crippen LogP contribution in [0, 0.1) is 0 Å². The molecule has 0 aliphatic carbocycles. The second-order valence-corrected chi connectivity index (χ2v) is 1.31. The highest BCUT2D eigenvalue weighted by Crippen LogP contribution is 1.78. The van der Waals surface area contributed by atoms with Crippen molar-refractivity contribution < 1.29 is 4.79 Å². The number of isocyanates is 1. The third-order valence-electron chi connectivity index (χ3n) is 0.311. The molecule has 6 heavy (non-hydrogen) atoms. The lowest BCUT2D eigenvalue weighted by molar-refractivity contribution is 0.560. The van der Waals surface area contributed by atoms with Gasteiger partial charge in [0, 0.05) is 0 Å². The van der Waals surface area contributed by atoms with Crippen molar-refractivity contribution in [2.75, 3.05) is 0 Å². The summed E-state index contributed by atoms with van der Waals surface area (Å²) in [6, 6.07) is 0.0995. The predicted octanol–water partition coefficient (Wildman–Crippen LogP) is 0.731. The fourth-order valence-corrected chi connectivity index (χ4v) is 0.105. The van der Waals surface area contributed by atoms with E-state index < -0.39 is 0 Å². The van der Waals surface area contributed by atoms with E-state index in [0.29, 0.717) is 0 Å². The van der Waals surface area contributed by atoms with E-state index in [1.54, 1.807) is 0 Å². The van der Waals surface area contributed by atoms with E-state index >= 15 is 0 Å². The molecule has 2 nitrogen and oxygen atoms in total. The fraction of sp³-hybridized carbons (Fsp3) is 0.750. The SMILES string of the molecule is [13CH3][13CH]([13CH3])N=C=O. The second-order valence-electron chi connectivity index (χ2n) is 1.31. The highest BCUT2D eigenvalue weighted by Gasteiger charge is 1.78. The highest BCUT2D eigenvalue weighted by molar-refractivity contribution is 5.33. The van der Waals surface area contributed by atoms with Crippen LogP contribution in [-0.2, 0) is 4.79 Å². The van der Waals surface area contributed by atoms with Crippen LogP contribution >= 0.6 is 0 Å². The molecule has 0 aliphatic rings. The smallest absolute Gasteiger partial charge is 0.211 e.